The number of rotatable bonds is 1. The molecule has 104 valence electrons. The Balaban J connectivity index is 2.26. The molecule has 20 heavy (non-hydrogen) atoms. The third-order valence-electron chi connectivity index (χ3n) is 3.38. The van der Waals surface area contributed by atoms with Crippen LogP contribution in [0.2, 0.25) is 0 Å². The molecule has 0 unspecified atom stereocenters. The average Bonchev–Trinajstić information content (AvgIpc) is 2.92. The molecule has 1 aromatic carbocycles. The molecule has 1 aromatic heterocycles. The highest BCUT2D eigenvalue weighted by Crippen LogP contribution is 2.37. The lowest BCUT2D eigenvalue weighted by Crippen LogP contribution is -2.07. The van der Waals surface area contributed by atoms with Crippen LogP contribution in [0.5, 0.6) is 0 Å². The van der Waals surface area contributed by atoms with Gasteiger partial charge in [0, 0.05) is 30.6 Å². The third kappa shape index (κ3) is 2.01. The minimum Gasteiger partial charge on any atom is -0.288 e. The lowest BCUT2D eigenvalue weighted by Gasteiger charge is -2.12. The fourth-order valence-electron chi connectivity index (χ4n) is 2.48. The lowest BCUT2D eigenvalue weighted by atomic mass is 9.94. The van der Waals surface area contributed by atoms with Gasteiger partial charge in [-0.25, -0.2) is 0 Å². The number of halogens is 3. The molecule has 1 aliphatic heterocycles. The molecule has 0 saturated carbocycles. The second kappa shape index (κ2) is 4.19. The molecule has 0 fully saturated rings. The van der Waals surface area contributed by atoms with Gasteiger partial charge in [-0.05, 0) is 30.2 Å². The monoisotopic (exact) mass is 279 g/mol. The summed E-state index contributed by atoms with van der Waals surface area (Å²) in [4.78, 5) is 4.08. The van der Waals surface area contributed by atoms with Crippen LogP contribution in [-0.2, 0) is 19.8 Å². The molecule has 0 bridgehead atoms. The van der Waals surface area contributed by atoms with Gasteiger partial charge in [0.25, 0.3) is 0 Å². The Hall–Kier alpha value is -2.11. The summed E-state index contributed by atoms with van der Waals surface area (Å²) in [5, 5.41) is 4.20. The number of benzene rings is 1. The van der Waals surface area contributed by atoms with E-state index in [4.69, 9.17) is 0 Å². The van der Waals surface area contributed by atoms with E-state index in [9.17, 15) is 13.2 Å². The first-order chi connectivity index (χ1) is 9.36. The molecule has 1 aliphatic rings. The van der Waals surface area contributed by atoms with Crippen molar-refractivity contribution in [2.24, 2.45) is 12.0 Å². The highest BCUT2D eigenvalue weighted by Gasteiger charge is 2.33. The van der Waals surface area contributed by atoms with Crippen molar-refractivity contribution >= 4 is 6.21 Å². The van der Waals surface area contributed by atoms with Gasteiger partial charge in [-0.3, -0.25) is 9.67 Å². The minimum atomic E-state index is -4.36. The number of aryl methyl sites for hydroxylation is 2. The lowest BCUT2D eigenvalue weighted by molar-refractivity contribution is -0.137. The number of hydrogen-bond donors (Lipinski definition) is 0. The SMILES string of the molecule is Cc1nn(C)cc1-c1cc(C(F)(F)F)cc2c1C=NC2. The number of fused-ring (bicyclic) bond motifs is 1. The normalized spacial score (nSPS) is 13.8. The molecule has 0 aliphatic carbocycles. The zero-order chi connectivity index (χ0) is 14.5. The summed E-state index contributed by atoms with van der Waals surface area (Å²) in [6, 6.07) is 2.36. The van der Waals surface area contributed by atoms with Crippen molar-refractivity contribution in [3.05, 3.63) is 40.7 Å². The van der Waals surface area contributed by atoms with Crippen molar-refractivity contribution in [3.63, 3.8) is 0 Å². The fraction of sp³-hybridized carbons (Fsp3) is 0.286. The Kier molecular flexibility index (Phi) is 2.70. The maximum atomic E-state index is 13.0. The Morgan fingerprint density at radius 3 is 2.55 bits per heavy atom. The summed E-state index contributed by atoms with van der Waals surface area (Å²) in [7, 11) is 1.75. The van der Waals surface area contributed by atoms with Gasteiger partial charge in [-0.1, -0.05) is 0 Å². The first-order valence-corrected chi connectivity index (χ1v) is 6.11. The maximum absolute atomic E-state index is 13.0. The second-order valence-corrected chi connectivity index (χ2v) is 4.87. The van der Waals surface area contributed by atoms with Crippen LogP contribution in [0.1, 0.15) is 22.4 Å². The van der Waals surface area contributed by atoms with Gasteiger partial charge in [-0.15, -0.1) is 0 Å². The number of aliphatic imine (C=N–C) groups is 1. The van der Waals surface area contributed by atoms with Crippen LogP contribution in [0.3, 0.4) is 0 Å². The number of nitrogens with zero attached hydrogens (tertiary/aromatic N) is 3. The van der Waals surface area contributed by atoms with E-state index in [1.54, 1.807) is 31.1 Å². The predicted molar refractivity (Wildman–Crippen MR) is 69.7 cm³/mol. The molecule has 2 aromatic rings. The first-order valence-electron chi connectivity index (χ1n) is 6.11. The van der Waals surface area contributed by atoms with E-state index in [2.05, 4.69) is 10.1 Å². The Bertz CT molecular complexity index is 711. The highest BCUT2D eigenvalue weighted by atomic mass is 19.4. The molecular formula is C14H12F3N3. The van der Waals surface area contributed by atoms with Gasteiger partial charge in [0.15, 0.2) is 0 Å². The van der Waals surface area contributed by atoms with Gasteiger partial charge in [0.1, 0.15) is 0 Å². The summed E-state index contributed by atoms with van der Waals surface area (Å²) in [5.74, 6) is 0. The predicted octanol–water partition coefficient (Wildman–Crippen LogP) is 3.35. The summed E-state index contributed by atoms with van der Waals surface area (Å²) in [6.45, 7) is 2.08. The number of alkyl halides is 3. The Morgan fingerprint density at radius 2 is 1.95 bits per heavy atom. The summed E-state index contributed by atoms with van der Waals surface area (Å²) < 4.78 is 40.6. The molecule has 0 radical (unpaired) electrons. The molecule has 3 nitrogen and oxygen atoms in total. The van der Waals surface area contributed by atoms with E-state index in [0.29, 0.717) is 28.9 Å². The molecule has 0 saturated heterocycles. The quantitative estimate of drug-likeness (QED) is 0.787. The average molecular weight is 279 g/mol. The van der Waals surface area contributed by atoms with E-state index in [1.165, 1.54) is 12.1 Å². The summed E-state index contributed by atoms with van der Waals surface area (Å²) in [5.41, 5.74) is 2.69. The molecule has 6 heteroatoms. The van der Waals surface area contributed by atoms with Crippen molar-refractivity contribution in [1.82, 2.24) is 9.78 Å². The molecule has 0 N–H and O–H groups in total. The van der Waals surface area contributed by atoms with Crippen molar-refractivity contribution < 1.29 is 13.2 Å². The number of hydrogen-bond acceptors (Lipinski definition) is 2. The van der Waals surface area contributed by atoms with Crippen LogP contribution in [-0.4, -0.2) is 16.0 Å². The molecule has 0 amide bonds. The van der Waals surface area contributed by atoms with Crippen molar-refractivity contribution in [2.45, 2.75) is 19.6 Å². The molecule has 0 spiro atoms. The van der Waals surface area contributed by atoms with Crippen molar-refractivity contribution in [2.75, 3.05) is 0 Å². The standard InChI is InChI=1S/C14H12F3N3/c1-8-13(7-20(2)19-8)11-4-10(14(15,16)17)3-9-5-18-6-12(9)11/h3-4,6-7H,5H2,1-2H3. The van der Waals surface area contributed by atoms with Gasteiger partial charge in [0.05, 0.1) is 17.8 Å². The van der Waals surface area contributed by atoms with Crippen molar-refractivity contribution in [3.8, 4) is 11.1 Å². The summed E-state index contributed by atoms with van der Waals surface area (Å²) in [6.07, 6.45) is -0.989. The molecule has 2 heterocycles. The van der Waals surface area contributed by atoms with Gasteiger partial charge < -0.3 is 0 Å². The molecular weight excluding hydrogens is 267 g/mol. The van der Waals surface area contributed by atoms with Crippen LogP contribution in [0.4, 0.5) is 13.2 Å². The zero-order valence-electron chi connectivity index (χ0n) is 11.0. The van der Waals surface area contributed by atoms with Crippen LogP contribution >= 0.6 is 0 Å². The van der Waals surface area contributed by atoms with Gasteiger partial charge >= 0.3 is 6.18 Å². The van der Waals surface area contributed by atoms with Crippen LogP contribution in [0.15, 0.2) is 23.3 Å². The third-order valence-corrected chi connectivity index (χ3v) is 3.38. The topological polar surface area (TPSA) is 30.2 Å². The highest BCUT2D eigenvalue weighted by molar-refractivity contribution is 5.94. The van der Waals surface area contributed by atoms with E-state index in [-0.39, 0.29) is 0 Å². The summed E-state index contributed by atoms with van der Waals surface area (Å²) >= 11 is 0. The zero-order valence-corrected chi connectivity index (χ0v) is 11.0. The minimum absolute atomic E-state index is 0.297. The fourth-order valence-corrected chi connectivity index (χ4v) is 2.48. The first kappa shape index (κ1) is 12.9. The Labute approximate surface area is 113 Å². The van der Waals surface area contributed by atoms with E-state index < -0.39 is 11.7 Å². The molecule has 0 atom stereocenters. The maximum Gasteiger partial charge on any atom is 0.416 e. The van der Waals surface area contributed by atoms with Crippen LogP contribution in [0.25, 0.3) is 11.1 Å². The van der Waals surface area contributed by atoms with Crippen molar-refractivity contribution in [1.29, 1.82) is 0 Å². The van der Waals surface area contributed by atoms with E-state index in [0.717, 1.165) is 5.56 Å². The molecule has 3 rings (SSSR count). The van der Waals surface area contributed by atoms with Gasteiger partial charge in [0.2, 0.25) is 0 Å². The number of aromatic nitrogens is 2. The Morgan fingerprint density at radius 1 is 1.20 bits per heavy atom. The van der Waals surface area contributed by atoms with Gasteiger partial charge in [-0.2, -0.15) is 18.3 Å². The smallest absolute Gasteiger partial charge is 0.288 e. The van der Waals surface area contributed by atoms with E-state index in [1.807, 2.05) is 0 Å². The van der Waals surface area contributed by atoms with Crippen LogP contribution < -0.4 is 0 Å². The van der Waals surface area contributed by atoms with E-state index >= 15 is 0 Å². The largest absolute Gasteiger partial charge is 0.416 e. The second-order valence-electron chi connectivity index (χ2n) is 4.87. The van der Waals surface area contributed by atoms with Crippen LogP contribution in [0, 0.1) is 6.92 Å².